The van der Waals surface area contributed by atoms with E-state index in [-0.39, 0.29) is 17.4 Å². The molecule has 5 rings (SSSR count). The lowest BCUT2D eigenvalue weighted by Gasteiger charge is -2.53. The number of benzene rings is 2. The quantitative estimate of drug-likeness (QED) is 0.178. The second-order valence-corrected chi connectivity index (χ2v) is 13.2. The molecule has 1 N–H and O–H groups in total. The van der Waals surface area contributed by atoms with E-state index < -0.39 is 0 Å². The molecular formula is C37H54N2O7. The van der Waals surface area contributed by atoms with Crippen LogP contribution in [0.5, 0.6) is 5.75 Å². The smallest absolute Gasteiger partial charge is 0.180 e. The Hall–Kier alpha value is -2.53. The van der Waals surface area contributed by atoms with Crippen LogP contribution in [0.1, 0.15) is 49.0 Å². The summed E-state index contributed by atoms with van der Waals surface area (Å²) in [6.45, 7) is 12.8. The van der Waals surface area contributed by atoms with E-state index in [9.17, 15) is 4.79 Å². The summed E-state index contributed by atoms with van der Waals surface area (Å²) in [6.07, 6.45) is 3.71. The second-order valence-electron chi connectivity index (χ2n) is 13.2. The molecule has 2 aliphatic carbocycles. The molecule has 254 valence electrons. The molecule has 4 atom stereocenters. The Morgan fingerprint density at radius 3 is 2.24 bits per heavy atom. The summed E-state index contributed by atoms with van der Waals surface area (Å²) in [4.78, 5) is 16.3. The highest BCUT2D eigenvalue weighted by molar-refractivity contribution is 6.04. The third-order valence-electron chi connectivity index (χ3n) is 9.87. The summed E-state index contributed by atoms with van der Waals surface area (Å²) in [5, 5.41) is 3.65. The van der Waals surface area contributed by atoms with Crippen molar-refractivity contribution in [3.05, 3.63) is 59.7 Å². The number of para-hydroxylation sites is 1. The van der Waals surface area contributed by atoms with Crippen molar-refractivity contribution in [2.24, 2.45) is 17.8 Å². The zero-order chi connectivity index (χ0) is 32.2. The van der Waals surface area contributed by atoms with Gasteiger partial charge in [0, 0.05) is 37.4 Å². The molecule has 2 fully saturated rings. The number of Topliss-reactive ketones (excluding diaryl/α,β-unsaturated/α-hetero) is 1. The fourth-order valence-electron chi connectivity index (χ4n) is 6.73. The molecule has 0 aromatic heterocycles. The maximum atomic E-state index is 13.8. The Balaban J connectivity index is 1.10. The Bertz CT molecular complexity index is 1210. The van der Waals surface area contributed by atoms with Gasteiger partial charge in [0.2, 0.25) is 0 Å². The summed E-state index contributed by atoms with van der Waals surface area (Å²) in [6, 6.07) is 16.2. The standard InChI is InChI=1S/C37H54N2O7/c1-28-35-36(40)33-12-11-31(23-34(33)37(28,2)13-14-39(35)25-29-9-10-29)38-24-30(27-46-32-7-5-4-6-8-32)26-45-22-21-44-20-19-43-18-17-42-16-15-41-3/h4-8,11-12,23,28-30,35,38H,9-10,13-22,24-27H2,1-3H3/t28-,30?,35-,37+/m0/s1. The maximum absolute atomic E-state index is 13.8. The van der Waals surface area contributed by atoms with Crippen molar-refractivity contribution >= 4 is 11.5 Å². The van der Waals surface area contributed by atoms with Crippen LogP contribution in [0.2, 0.25) is 0 Å². The van der Waals surface area contributed by atoms with E-state index in [1.165, 1.54) is 18.4 Å². The van der Waals surface area contributed by atoms with Crippen molar-refractivity contribution in [1.29, 1.82) is 0 Å². The highest BCUT2D eigenvalue weighted by Gasteiger charge is 2.52. The van der Waals surface area contributed by atoms with Gasteiger partial charge >= 0.3 is 0 Å². The number of ketones is 1. The molecule has 0 amide bonds. The van der Waals surface area contributed by atoms with E-state index >= 15 is 0 Å². The van der Waals surface area contributed by atoms with Gasteiger partial charge < -0.3 is 33.7 Å². The molecule has 1 unspecified atom stereocenters. The van der Waals surface area contributed by atoms with Gasteiger partial charge in [-0.05, 0) is 79.0 Å². The molecule has 2 aromatic carbocycles. The van der Waals surface area contributed by atoms with Gasteiger partial charge in [-0.25, -0.2) is 0 Å². The Labute approximate surface area is 275 Å². The number of ether oxygens (including phenoxy) is 6. The van der Waals surface area contributed by atoms with Crippen molar-refractivity contribution in [1.82, 2.24) is 4.90 Å². The number of fused-ring (bicyclic) bond motifs is 4. The SMILES string of the molecule is COCCOCCOCCOCCOCC(CNc1ccc2c(c1)[C@]1(C)CCN(CC3CC3)[C@H](C2=O)[C@@H]1C)COc1ccccc1. The normalized spacial score (nSPS) is 23.2. The topological polar surface area (TPSA) is 87.7 Å². The summed E-state index contributed by atoms with van der Waals surface area (Å²) < 4.78 is 33.7. The number of methoxy groups -OCH3 is 1. The maximum Gasteiger partial charge on any atom is 0.180 e. The van der Waals surface area contributed by atoms with E-state index in [4.69, 9.17) is 28.4 Å². The molecule has 1 heterocycles. The number of piperidine rings is 1. The first-order valence-electron chi connectivity index (χ1n) is 17.1. The average molecular weight is 639 g/mol. The Morgan fingerprint density at radius 2 is 1.57 bits per heavy atom. The third-order valence-corrected chi connectivity index (χ3v) is 9.87. The van der Waals surface area contributed by atoms with Gasteiger partial charge in [0.05, 0.1) is 72.1 Å². The molecule has 1 aliphatic heterocycles. The number of hydrogen-bond acceptors (Lipinski definition) is 9. The Kier molecular flexibility index (Phi) is 13.3. The van der Waals surface area contributed by atoms with Gasteiger partial charge in [-0.2, -0.15) is 0 Å². The summed E-state index contributed by atoms with van der Waals surface area (Å²) in [7, 11) is 1.66. The van der Waals surface area contributed by atoms with Crippen LogP contribution >= 0.6 is 0 Å². The zero-order valence-electron chi connectivity index (χ0n) is 28.0. The van der Waals surface area contributed by atoms with Crippen LogP contribution in [0.15, 0.2) is 48.5 Å². The number of hydrogen-bond donors (Lipinski definition) is 1. The molecule has 9 heteroatoms. The monoisotopic (exact) mass is 638 g/mol. The first kappa shape index (κ1) is 34.8. The van der Waals surface area contributed by atoms with Crippen LogP contribution < -0.4 is 10.1 Å². The number of carbonyl (C=O) groups is 1. The molecule has 46 heavy (non-hydrogen) atoms. The minimum absolute atomic E-state index is 0.00432. The summed E-state index contributed by atoms with van der Waals surface area (Å²) in [5.74, 6) is 2.34. The molecule has 1 saturated carbocycles. The van der Waals surface area contributed by atoms with Gasteiger partial charge in [0.25, 0.3) is 0 Å². The van der Waals surface area contributed by atoms with E-state index in [2.05, 4.69) is 42.3 Å². The minimum atomic E-state index is -0.00648. The lowest BCUT2D eigenvalue weighted by Crippen LogP contribution is -2.61. The average Bonchev–Trinajstić information content (AvgIpc) is 3.90. The molecule has 0 spiro atoms. The molecule has 1 saturated heterocycles. The first-order chi connectivity index (χ1) is 22.5. The van der Waals surface area contributed by atoms with Crippen molar-refractivity contribution in [3.63, 3.8) is 0 Å². The number of nitrogens with zero attached hydrogens (tertiary/aromatic N) is 1. The molecule has 3 aliphatic rings. The molecule has 2 aromatic rings. The van der Waals surface area contributed by atoms with Gasteiger partial charge in [0.15, 0.2) is 5.78 Å². The highest BCUT2D eigenvalue weighted by atomic mass is 16.6. The van der Waals surface area contributed by atoms with Crippen LogP contribution in [-0.4, -0.2) is 110 Å². The first-order valence-corrected chi connectivity index (χ1v) is 17.1. The van der Waals surface area contributed by atoms with E-state index in [1.54, 1.807) is 7.11 Å². The van der Waals surface area contributed by atoms with Gasteiger partial charge in [-0.15, -0.1) is 0 Å². The number of nitrogens with one attached hydrogen (secondary N) is 1. The van der Waals surface area contributed by atoms with Crippen LogP contribution in [0, 0.1) is 17.8 Å². The van der Waals surface area contributed by atoms with Crippen LogP contribution in [0.4, 0.5) is 5.69 Å². The molecule has 9 nitrogen and oxygen atoms in total. The van der Waals surface area contributed by atoms with Crippen molar-refractivity contribution in [3.8, 4) is 5.75 Å². The van der Waals surface area contributed by atoms with Gasteiger partial charge in [0.1, 0.15) is 5.75 Å². The zero-order valence-corrected chi connectivity index (χ0v) is 28.0. The number of anilines is 1. The summed E-state index contributed by atoms with van der Waals surface area (Å²) >= 11 is 0. The fraction of sp³-hybridized carbons (Fsp3) is 0.649. The van der Waals surface area contributed by atoms with Gasteiger partial charge in [-0.3, -0.25) is 9.69 Å². The predicted molar refractivity (Wildman–Crippen MR) is 179 cm³/mol. The third kappa shape index (κ3) is 9.52. The molecule has 0 radical (unpaired) electrons. The summed E-state index contributed by atoms with van der Waals surface area (Å²) in [5.41, 5.74) is 3.14. The van der Waals surface area contributed by atoms with Gasteiger partial charge in [-0.1, -0.05) is 32.0 Å². The lowest BCUT2D eigenvalue weighted by molar-refractivity contribution is -0.0119. The predicted octanol–water partition coefficient (Wildman–Crippen LogP) is 5.08. The van der Waals surface area contributed by atoms with Crippen LogP contribution in [0.25, 0.3) is 0 Å². The number of likely N-dealkylation sites (tertiary alicyclic amines) is 1. The van der Waals surface area contributed by atoms with Crippen molar-refractivity contribution in [2.45, 2.75) is 44.6 Å². The molecule has 2 bridgehead atoms. The Morgan fingerprint density at radius 1 is 0.891 bits per heavy atom. The van der Waals surface area contributed by atoms with Crippen LogP contribution in [-0.2, 0) is 29.1 Å². The minimum Gasteiger partial charge on any atom is -0.493 e. The molecular weight excluding hydrogens is 584 g/mol. The largest absolute Gasteiger partial charge is 0.493 e. The van der Waals surface area contributed by atoms with E-state index in [0.717, 1.165) is 42.4 Å². The van der Waals surface area contributed by atoms with Crippen molar-refractivity contribution < 1.29 is 33.2 Å². The number of rotatable bonds is 22. The fourth-order valence-corrected chi connectivity index (χ4v) is 6.73. The van der Waals surface area contributed by atoms with E-state index in [1.807, 2.05) is 30.3 Å². The van der Waals surface area contributed by atoms with Crippen LogP contribution in [0.3, 0.4) is 0 Å². The number of carbonyl (C=O) groups excluding carboxylic acids is 1. The lowest BCUT2D eigenvalue weighted by atomic mass is 9.58. The van der Waals surface area contributed by atoms with Crippen molar-refractivity contribution in [2.75, 3.05) is 98.1 Å². The second kappa shape index (κ2) is 17.6. The van der Waals surface area contributed by atoms with E-state index in [0.29, 0.717) is 84.3 Å². The highest BCUT2D eigenvalue weighted by Crippen LogP contribution is 2.50.